The third kappa shape index (κ3) is 3.96. The Morgan fingerprint density at radius 1 is 1.15 bits per heavy atom. The van der Waals surface area contributed by atoms with Crippen LogP contribution >= 0.6 is 15.9 Å². The molecular weight excluding hydrogens is 396 g/mol. The Labute approximate surface area is 160 Å². The molecule has 1 heterocycles. The first-order valence-electron chi connectivity index (χ1n) is 8.30. The lowest BCUT2D eigenvalue weighted by molar-refractivity contribution is -0.123. The largest absolute Gasteiger partial charge is 0.493 e. The topological polar surface area (TPSA) is 58.6 Å². The predicted molar refractivity (Wildman–Crippen MR) is 104 cm³/mol. The highest BCUT2D eigenvalue weighted by Crippen LogP contribution is 2.27. The van der Waals surface area contributed by atoms with Crippen molar-refractivity contribution in [1.82, 2.24) is 10.2 Å². The van der Waals surface area contributed by atoms with E-state index in [1.807, 2.05) is 56.3 Å². The highest BCUT2D eigenvalue weighted by molar-refractivity contribution is 9.10. The zero-order chi connectivity index (χ0) is 18.7. The zero-order valence-electron chi connectivity index (χ0n) is 14.6. The molecule has 3 amide bonds. The quantitative estimate of drug-likeness (QED) is 0.587. The minimum atomic E-state index is -0.421. The molecule has 6 heteroatoms. The number of benzene rings is 2. The van der Waals surface area contributed by atoms with Crippen molar-refractivity contribution in [3.05, 3.63) is 69.3 Å². The van der Waals surface area contributed by atoms with Crippen LogP contribution in [0.3, 0.4) is 0 Å². The third-order valence-electron chi connectivity index (χ3n) is 4.00. The molecule has 2 aromatic carbocycles. The number of amides is 3. The van der Waals surface area contributed by atoms with Gasteiger partial charge in [0.1, 0.15) is 11.4 Å². The van der Waals surface area contributed by atoms with Crippen molar-refractivity contribution in [3.63, 3.8) is 0 Å². The van der Waals surface area contributed by atoms with Gasteiger partial charge in [-0.05, 0) is 43.7 Å². The number of urea groups is 1. The fourth-order valence-corrected chi connectivity index (χ4v) is 3.04. The summed E-state index contributed by atoms with van der Waals surface area (Å²) >= 11 is 3.42. The maximum absolute atomic E-state index is 12.7. The molecule has 26 heavy (non-hydrogen) atoms. The Morgan fingerprint density at radius 2 is 1.88 bits per heavy atom. The lowest BCUT2D eigenvalue weighted by Gasteiger charge is -2.12. The van der Waals surface area contributed by atoms with Gasteiger partial charge in [0.15, 0.2) is 0 Å². The van der Waals surface area contributed by atoms with Crippen LogP contribution in [0.5, 0.6) is 5.75 Å². The highest BCUT2D eigenvalue weighted by Gasteiger charge is 2.33. The van der Waals surface area contributed by atoms with E-state index in [9.17, 15) is 9.59 Å². The molecular formula is C20H19BrN2O3. The van der Waals surface area contributed by atoms with Gasteiger partial charge in [-0.15, -0.1) is 0 Å². The Bertz CT molecular complexity index is 875. The van der Waals surface area contributed by atoms with Gasteiger partial charge in [0.25, 0.3) is 5.91 Å². The van der Waals surface area contributed by atoms with Gasteiger partial charge in [0.05, 0.1) is 13.2 Å². The summed E-state index contributed by atoms with van der Waals surface area (Å²) in [7, 11) is 0. The number of carbonyl (C=O) groups is 2. The predicted octanol–water partition coefficient (Wildman–Crippen LogP) is 4.25. The minimum absolute atomic E-state index is 0.235. The van der Waals surface area contributed by atoms with Gasteiger partial charge in [0.2, 0.25) is 0 Å². The summed E-state index contributed by atoms with van der Waals surface area (Å²) in [5.74, 6) is 0.306. The summed E-state index contributed by atoms with van der Waals surface area (Å²) in [4.78, 5) is 26.1. The van der Waals surface area contributed by atoms with Gasteiger partial charge >= 0.3 is 6.03 Å². The summed E-state index contributed by atoms with van der Waals surface area (Å²) in [6, 6.07) is 12.9. The summed E-state index contributed by atoms with van der Waals surface area (Å²) < 4.78 is 6.46. The van der Waals surface area contributed by atoms with Crippen molar-refractivity contribution in [2.75, 3.05) is 6.61 Å². The summed E-state index contributed by atoms with van der Waals surface area (Å²) in [5.41, 5.74) is 2.99. The van der Waals surface area contributed by atoms with Gasteiger partial charge in [-0.25, -0.2) is 4.79 Å². The van der Waals surface area contributed by atoms with E-state index in [2.05, 4.69) is 21.2 Å². The third-order valence-corrected chi connectivity index (χ3v) is 4.49. The van der Waals surface area contributed by atoms with Crippen LogP contribution in [-0.4, -0.2) is 23.4 Å². The number of ether oxygens (including phenoxy) is 1. The lowest BCUT2D eigenvalue weighted by atomic mass is 10.1. The number of nitrogens with zero attached hydrogens (tertiary/aromatic N) is 1. The monoisotopic (exact) mass is 414 g/mol. The first-order valence-corrected chi connectivity index (χ1v) is 9.09. The molecule has 134 valence electrons. The van der Waals surface area contributed by atoms with E-state index in [0.29, 0.717) is 12.4 Å². The van der Waals surface area contributed by atoms with Gasteiger partial charge in [-0.1, -0.05) is 45.8 Å². The Hall–Kier alpha value is -2.60. The number of halogens is 1. The Kier molecular flexibility index (Phi) is 5.42. The number of nitrogens with one attached hydrogen (secondary N) is 1. The lowest BCUT2D eigenvalue weighted by Crippen LogP contribution is -2.30. The first kappa shape index (κ1) is 18.2. The van der Waals surface area contributed by atoms with Crippen LogP contribution in [0.2, 0.25) is 0 Å². The summed E-state index contributed by atoms with van der Waals surface area (Å²) in [5, 5.41) is 2.65. The van der Waals surface area contributed by atoms with Crippen LogP contribution < -0.4 is 10.1 Å². The van der Waals surface area contributed by atoms with E-state index < -0.39 is 6.03 Å². The van der Waals surface area contributed by atoms with Crippen molar-refractivity contribution in [2.45, 2.75) is 20.4 Å². The Balaban J connectivity index is 1.85. The molecule has 1 N–H and O–H groups in total. The van der Waals surface area contributed by atoms with E-state index >= 15 is 0 Å². The van der Waals surface area contributed by atoms with Crippen LogP contribution in [0.25, 0.3) is 6.08 Å². The van der Waals surface area contributed by atoms with Crippen molar-refractivity contribution >= 4 is 33.9 Å². The van der Waals surface area contributed by atoms with Crippen LogP contribution in [0.1, 0.15) is 23.6 Å². The van der Waals surface area contributed by atoms with Gasteiger partial charge in [-0.3, -0.25) is 9.69 Å². The normalized spacial score (nSPS) is 15.5. The molecule has 3 rings (SSSR count). The second-order valence-corrected chi connectivity index (χ2v) is 6.90. The number of hydrogen-bond donors (Lipinski definition) is 1. The molecule has 1 fully saturated rings. The zero-order valence-corrected chi connectivity index (χ0v) is 16.2. The van der Waals surface area contributed by atoms with Gasteiger partial charge in [-0.2, -0.15) is 0 Å². The van der Waals surface area contributed by atoms with E-state index in [0.717, 1.165) is 21.2 Å². The van der Waals surface area contributed by atoms with E-state index in [1.165, 1.54) is 4.90 Å². The average Bonchev–Trinajstić information content (AvgIpc) is 2.87. The minimum Gasteiger partial charge on any atom is -0.493 e. The average molecular weight is 415 g/mol. The molecule has 1 aliphatic heterocycles. The number of hydrogen-bond acceptors (Lipinski definition) is 3. The van der Waals surface area contributed by atoms with Gasteiger partial charge < -0.3 is 10.1 Å². The molecule has 1 saturated heterocycles. The fraction of sp³-hybridized carbons (Fsp3) is 0.200. The molecule has 0 aliphatic carbocycles. The molecule has 0 aromatic heterocycles. The first-order chi connectivity index (χ1) is 12.5. The molecule has 0 atom stereocenters. The van der Waals surface area contributed by atoms with E-state index in [4.69, 9.17) is 4.74 Å². The molecule has 5 nitrogen and oxygen atoms in total. The standard InChI is InChI=1S/C20H19BrN2O3/c1-3-26-18-9-8-16(21)10-15(18)11-17-19(24)23(20(25)22-17)12-14-6-4-13(2)5-7-14/h4-11H,3,12H2,1-2H3,(H,22,25)/b17-11-. The van der Waals surface area contributed by atoms with Crippen molar-refractivity contribution in [1.29, 1.82) is 0 Å². The molecule has 0 spiro atoms. The maximum Gasteiger partial charge on any atom is 0.329 e. The molecule has 0 radical (unpaired) electrons. The van der Waals surface area contributed by atoms with Crippen molar-refractivity contribution in [2.24, 2.45) is 0 Å². The summed E-state index contributed by atoms with van der Waals surface area (Å²) in [6.45, 7) is 4.63. The number of carbonyl (C=O) groups excluding carboxylic acids is 2. The molecule has 0 unspecified atom stereocenters. The van der Waals surface area contributed by atoms with Crippen molar-refractivity contribution in [3.8, 4) is 5.75 Å². The van der Waals surface area contributed by atoms with Crippen LogP contribution in [0.4, 0.5) is 4.79 Å². The van der Waals surface area contributed by atoms with Crippen LogP contribution in [0, 0.1) is 6.92 Å². The second kappa shape index (κ2) is 7.74. The SMILES string of the molecule is CCOc1ccc(Br)cc1/C=C1\NC(=O)N(Cc2ccc(C)cc2)C1=O. The van der Waals surface area contributed by atoms with E-state index in [-0.39, 0.29) is 18.1 Å². The smallest absolute Gasteiger partial charge is 0.329 e. The van der Waals surface area contributed by atoms with E-state index in [1.54, 1.807) is 6.08 Å². The molecule has 2 aromatic rings. The highest BCUT2D eigenvalue weighted by atomic mass is 79.9. The van der Waals surface area contributed by atoms with Crippen LogP contribution in [0.15, 0.2) is 52.6 Å². The van der Waals surface area contributed by atoms with Crippen LogP contribution in [-0.2, 0) is 11.3 Å². The molecule has 0 saturated carbocycles. The van der Waals surface area contributed by atoms with Gasteiger partial charge in [0, 0.05) is 10.0 Å². The van der Waals surface area contributed by atoms with Crippen molar-refractivity contribution < 1.29 is 14.3 Å². The number of rotatable bonds is 5. The molecule has 1 aliphatic rings. The summed E-state index contributed by atoms with van der Waals surface area (Å²) in [6.07, 6.45) is 1.64. The Morgan fingerprint density at radius 3 is 2.58 bits per heavy atom. The number of aryl methyl sites for hydroxylation is 1. The fourth-order valence-electron chi connectivity index (χ4n) is 2.67. The number of imide groups is 1. The maximum atomic E-state index is 12.7. The molecule has 0 bridgehead atoms. The second-order valence-electron chi connectivity index (χ2n) is 5.98.